The second kappa shape index (κ2) is 4.16. The molecular formula is C13H11F3. The zero-order valence-electron chi connectivity index (χ0n) is 8.54. The number of benzene rings is 1. The van der Waals surface area contributed by atoms with Crippen LogP contribution in [-0.2, 0) is 12.6 Å². The molecule has 0 bridgehead atoms. The van der Waals surface area contributed by atoms with Crippen molar-refractivity contribution in [1.82, 2.24) is 0 Å². The third-order valence-corrected chi connectivity index (χ3v) is 2.58. The van der Waals surface area contributed by atoms with Crippen molar-refractivity contribution in [1.29, 1.82) is 0 Å². The van der Waals surface area contributed by atoms with Crippen molar-refractivity contribution in [2.45, 2.75) is 12.6 Å². The number of alkyl halides is 3. The fourth-order valence-corrected chi connectivity index (χ4v) is 1.72. The van der Waals surface area contributed by atoms with E-state index in [4.69, 9.17) is 0 Å². The summed E-state index contributed by atoms with van der Waals surface area (Å²) < 4.78 is 36.9. The molecule has 0 saturated carbocycles. The van der Waals surface area contributed by atoms with Crippen LogP contribution in [0.4, 0.5) is 13.2 Å². The standard InChI is InChI=1S/C13H11F3/c14-13(15,16)12-7-5-11(6-8-12)9-10-3-1-2-4-10/h1-8,10H,9H2. The summed E-state index contributed by atoms with van der Waals surface area (Å²) >= 11 is 0. The van der Waals surface area contributed by atoms with Crippen LogP contribution in [0.5, 0.6) is 0 Å². The summed E-state index contributed by atoms with van der Waals surface area (Å²) in [5, 5.41) is 0. The van der Waals surface area contributed by atoms with Crippen LogP contribution in [0.25, 0.3) is 0 Å². The van der Waals surface area contributed by atoms with Gasteiger partial charge in [-0.15, -0.1) is 0 Å². The van der Waals surface area contributed by atoms with Crippen molar-refractivity contribution in [2.75, 3.05) is 0 Å². The number of halogens is 3. The summed E-state index contributed by atoms with van der Waals surface area (Å²) in [4.78, 5) is 0. The summed E-state index contributed by atoms with van der Waals surface area (Å²) in [6.07, 6.45) is 4.50. The Kier molecular flexibility index (Phi) is 2.86. The van der Waals surface area contributed by atoms with Crippen molar-refractivity contribution < 1.29 is 13.2 Å². The molecule has 0 heterocycles. The molecule has 3 heteroatoms. The summed E-state index contributed by atoms with van der Waals surface area (Å²) in [7, 11) is 0. The van der Waals surface area contributed by atoms with E-state index in [0.29, 0.717) is 5.92 Å². The van der Waals surface area contributed by atoms with E-state index in [2.05, 4.69) is 0 Å². The first-order valence-corrected chi connectivity index (χ1v) is 5.07. The Morgan fingerprint density at radius 2 is 1.50 bits per heavy atom. The molecule has 0 atom stereocenters. The smallest absolute Gasteiger partial charge is 0.166 e. The fraction of sp³-hybridized carbons (Fsp3) is 0.231. The second-order valence-corrected chi connectivity index (χ2v) is 3.83. The predicted octanol–water partition coefficient (Wildman–Crippen LogP) is 3.99. The molecule has 0 radical (unpaired) electrons. The van der Waals surface area contributed by atoms with Crippen LogP contribution < -0.4 is 0 Å². The van der Waals surface area contributed by atoms with Crippen LogP contribution >= 0.6 is 0 Å². The maximum atomic E-state index is 12.3. The van der Waals surface area contributed by atoms with Crippen molar-refractivity contribution in [3.63, 3.8) is 0 Å². The van der Waals surface area contributed by atoms with Crippen molar-refractivity contribution in [3.05, 3.63) is 59.7 Å². The second-order valence-electron chi connectivity index (χ2n) is 3.83. The van der Waals surface area contributed by atoms with Gasteiger partial charge < -0.3 is 0 Å². The Labute approximate surface area is 92.1 Å². The molecule has 0 aromatic heterocycles. The van der Waals surface area contributed by atoms with Gasteiger partial charge in [0.05, 0.1) is 5.56 Å². The molecule has 0 saturated heterocycles. The van der Waals surface area contributed by atoms with Gasteiger partial charge in [0.25, 0.3) is 0 Å². The Balaban J connectivity index is 2.07. The van der Waals surface area contributed by atoms with E-state index in [1.54, 1.807) is 12.1 Å². The quantitative estimate of drug-likeness (QED) is 0.712. The summed E-state index contributed by atoms with van der Waals surface area (Å²) in [5.74, 6) is 0.316. The summed E-state index contributed by atoms with van der Waals surface area (Å²) in [5.41, 5.74) is 0.336. The molecule has 1 aromatic carbocycles. The lowest BCUT2D eigenvalue weighted by Crippen LogP contribution is -2.05. The Morgan fingerprint density at radius 1 is 0.938 bits per heavy atom. The van der Waals surface area contributed by atoms with Crippen molar-refractivity contribution >= 4 is 0 Å². The molecular weight excluding hydrogens is 213 g/mol. The van der Waals surface area contributed by atoms with E-state index >= 15 is 0 Å². The van der Waals surface area contributed by atoms with Gasteiger partial charge in [0.1, 0.15) is 0 Å². The van der Waals surface area contributed by atoms with Gasteiger partial charge in [0, 0.05) is 0 Å². The highest BCUT2D eigenvalue weighted by Gasteiger charge is 2.29. The highest BCUT2D eigenvalue weighted by atomic mass is 19.4. The van der Waals surface area contributed by atoms with Gasteiger partial charge in [-0.2, -0.15) is 13.2 Å². The van der Waals surface area contributed by atoms with Gasteiger partial charge in [0.15, 0.2) is 0 Å². The van der Waals surface area contributed by atoms with Gasteiger partial charge in [-0.25, -0.2) is 0 Å². The number of hydrogen-bond donors (Lipinski definition) is 0. The van der Waals surface area contributed by atoms with Crippen molar-refractivity contribution in [2.24, 2.45) is 5.92 Å². The first kappa shape index (κ1) is 11.0. The highest BCUT2D eigenvalue weighted by molar-refractivity contribution is 5.27. The molecule has 1 aliphatic rings. The molecule has 0 amide bonds. The first-order valence-electron chi connectivity index (χ1n) is 5.07. The number of hydrogen-bond acceptors (Lipinski definition) is 0. The van der Waals surface area contributed by atoms with Gasteiger partial charge >= 0.3 is 6.18 Å². The average Bonchev–Trinajstić information content (AvgIpc) is 2.70. The first-order chi connectivity index (χ1) is 7.55. The lowest BCUT2D eigenvalue weighted by molar-refractivity contribution is -0.137. The Morgan fingerprint density at radius 3 is 2.00 bits per heavy atom. The monoisotopic (exact) mass is 224 g/mol. The maximum absolute atomic E-state index is 12.3. The third-order valence-electron chi connectivity index (χ3n) is 2.58. The number of allylic oxidation sites excluding steroid dienone is 4. The van der Waals surface area contributed by atoms with Gasteiger partial charge in [0.2, 0.25) is 0 Å². The van der Waals surface area contributed by atoms with E-state index in [1.807, 2.05) is 24.3 Å². The minimum absolute atomic E-state index is 0.316. The van der Waals surface area contributed by atoms with Crippen molar-refractivity contribution in [3.8, 4) is 0 Å². The zero-order valence-corrected chi connectivity index (χ0v) is 8.54. The maximum Gasteiger partial charge on any atom is 0.416 e. The lowest BCUT2D eigenvalue weighted by Gasteiger charge is -2.09. The van der Waals surface area contributed by atoms with Crippen LogP contribution in [0, 0.1) is 5.92 Å². The van der Waals surface area contributed by atoms with E-state index in [-0.39, 0.29) is 0 Å². The van der Waals surface area contributed by atoms with E-state index in [0.717, 1.165) is 24.1 Å². The summed E-state index contributed by atoms with van der Waals surface area (Å²) in [6.45, 7) is 0. The van der Waals surface area contributed by atoms with Crippen LogP contribution in [0.1, 0.15) is 11.1 Å². The van der Waals surface area contributed by atoms with Crippen LogP contribution in [0.15, 0.2) is 48.6 Å². The minimum atomic E-state index is -4.24. The van der Waals surface area contributed by atoms with E-state index in [1.165, 1.54) is 0 Å². The lowest BCUT2D eigenvalue weighted by atomic mass is 10.00. The van der Waals surface area contributed by atoms with Gasteiger partial charge in [-0.3, -0.25) is 0 Å². The molecule has 0 spiro atoms. The average molecular weight is 224 g/mol. The highest BCUT2D eigenvalue weighted by Crippen LogP contribution is 2.29. The van der Waals surface area contributed by atoms with E-state index in [9.17, 15) is 13.2 Å². The topological polar surface area (TPSA) is 0 Å². The molecule has 1 aliphatic carbocycles. The van der Waals surface area contributed by atoms with Crippen LogP contribution in [-0.4, -0.2) is 0 Å². The van der Waals surface area contributed by atoms with Crippen LogP contribution in [0.2, 0.25) is 0 Å². The number of rotatable bonds is 2. The molecule has 2 rings (SSSR count). The zero-order chi connectivity index (χ0) is 11.6. The minimum Gasteiger partial charge on any atom is -0.166 e. The third kappa shape index (κ3) is 2.54. The summed E-state index contributed by atoms with van der Waals surface area (Å²) in [6, 6.07) is 5.36. The predicted molar refractivity (Wildman–Crippen MR) is 56.9 cm³/mol. The largest absolute Gasteiger partial charge is 0.416 e. The Hall–Kier alpha value is -1.51. The molecule has 0 fully saturated rings. The Bertz CT molecular complexity index is 398. The molecule has 16 heavy (non-hydrogen) atoms. The van der Waals surface area contributed by atoms with Crippen LogP contribution in [0.3, 0.4) is 0 Å². The molecule has 84 valence electrons. The van der Waals surface area contributed by atoms with Gasteiger partial charge in [-0.1, -0.05) is 36.4 Å². The molecule has 0 nitrogen and oxygen atoms in total. The molecule has 0 aliphatic heterocycles. The fourth-order valence-electron chi connectivity index (χ4n) is 1.72. The SMILES string of the molecule is FC(F)(F)c1ccc(CC2C=CC=C2)cc1. The molecule has 1 aromatic rings. The van der Waals surface area contributed by atoms with Gasteiger partial charge in [-0.05, 0) is 30.0 Å². The molecule has 0 N–H and O–H groups in total. The normalized spacial score (nSPS) is 15.9. The van der Waals surface area contributed by atoms with E-state index < -0.39 is 11.7 Å². The molecule has 0 unspecified atom stereocenters.